The second-order valence-electron chi connectivity index (χ2n) is 4.50. The van der Waals surface area contributed by atoms with E-state index in [1.807, 2.05) is 13.8 Å². The van der Waals surface area contributed by atoms with Crippen LogP contribution < -0.4 is 5.32 Å². The van der Waals surface area contributed by atoms with Gasteiger partial charge in [-0.3, -0.25) is 4.79 Å². The van der Waals surface area contributed by atoms with Gasteiger partial charge in [0.2, 0.25) is 0 Å². The summed E-state index contributed by atoms with van der Waals surface area (Å²) in [5, 5.41) is 3.59. The number of halogens is 3. The van der Waals surface area contributed by atoms with Crippen LogP contribution >= 0.6 is 11.3 Å². The smallest absolute Gasteiger partial charge is 0.347 e. The summed E-state index contributed by atoms with van der Waals surface area (Å²) >= 11 is 1.48. The molecule has 1 heterocycles. The van der Waals surface area contributed by atoms with Gasteiger partial charge >= 0.3 is 6.18 Å². The SMILES string of the molecule is Cc1nc(C)c(CNC(=O)c2ccc(C(F)(F)F)cc2)s1. The summed E-state index contributed by atoms with van der Waals surface area (Å²) in [7, 11) is 0. The van der Waals surface area contributed by atoms with E-state index in [0.717, 1.165) is 27.7 Å². The lowest BCUT2D eigenvalue weighted by Gasteiger charge is -2.08. The number of rotatable bonds is 3. The molecule has 0 aliphatic carbocycles. The summed E-state index contributed by atoms with van der Waals surface area (Å²) < 4.78 is 37.3. The molecule has 2 aromatic rings. The lowest BCUT2D eigenvalue weighted by atomic mass is 10.1. The number of aryl methyl sites for hydroxylation is 2. The van der Waals surface area contributed by atoms with Crippen molar-refractivity contribution in [1.82, 2.24) is 10.3 Å². The molecule has 3 nitrogen and oxygen atoms in total. The van der Waals surface area contributed by atoms with E-state index in [4.69, 9.17) is 0 Å². The van der Waals surface area contributed by atoms with E-state index in [2.05, 4.69) is 10.3 Å². The van der Waals surface area contributed by atoms with Gasteiger partial charge in [0.25, 0.3) is 5.91 Å². The first-order valence-electron chi connectivity index (χ1n) is 6.16. The number of alkyl halides is 3. The topological polar surface area (TPSA) is 42.0 Å². The van der Waals surface area contributed by atoms with Crippen molar-refractivity contribution in [1.29, 1.82) is 0 Å². The van der Waals surface area contributed by atoms with E-state index in [9.17, 15) is 18.0 Å². The maximum Gasteiger partial charge on any atom is 0.416 e. The van der Waals surface area contributed by atoms with Gasteiger partial charge in [0.05, 0.1) is 22.8 Å². The highest BCUT2D eigenvalue weighted by atomic mass is 32.1. The van der Waals surface area contributed by atoms with Gasteiger partial charge in [0.1, 0.15) is 0 Å². The van der Waals surface area contributed by atoms with Gasteiger partial charge in [0, 0.05) is 10.4 Å². The van der Waals surface area contributed by atoms with Crippen LogP contribution in [0.15, 0.2) is 24.3 Å². The van der Waals surface area contributed by atoms with Crippen LogP contribution in [0.25, 0.3) is 0 Å². The number of hydrogen-bond acceptors (Lipinski definition) is 3. The highest BCUT2D eigenvalue weighted by Crippen LogP contribution is 2.29. The first kappa shape index (κ1) is 15.5. The van der Waals surface area contributed by atoms with Crippen molar-refractivity contribution >= 4 is 17.2 Å². The van der Waals surface area contributed by atoms with Crippen LogP contribution in [0.4, 0.5) is 13.2 Å². The number of carbonyl (C=O) groups excluding carboxylic acids is 1. The van der Waals surface area contributed by atoms with Gasteiger partial charge in [-0.2, -0.15) is 13.2 Å². The summed E-state index contributed by atoms with van der Waals surface area (Å²) in [5.74, 6) is -0.408. The molecule has 21 heavy (non-hydrogen) atoms. The van der Waals surface area contributed by atoms with Gasteiger partial charge < -0.3 is 5.32 Å². The summed E-state index contributed by atoms with van der Waals surface area (Å²) in [4.78, 5) is 17.1. The number of nitrogens with zero attached hydrogens (tertiary/aromatic N) is 1. The highest BCUT2D eigenvalue weighted by molar-refractivity contribution is 7.11. The average molecular weight is 314 g/mol. The molecule has 0 radical (unpaired) electrons. The third kappa shape index (κ3) is 3.81. The van der Waals surface area contributed by atoms with Gasteiger partial charge in [-0.05, 0) is 38.1 Å². The van der Waals surface area contributed by atoms with E-state index >= 15 is 0 Å². The molecule has 0 fully saturated rings. The molecule has 7 heteroatoms. The zero-order chi connectivity index (χ0) is 15.6. The molecule has 1 N–H and O–H groups in total. The fourth-order valence-electron chi connectivity index (χ4n) is 1.81. The van der Waals surface area contributed by atoms with Gasteiger partial charge in [-0.1, -0.05) is 0 Å². The molecule has 0 bridgehead atoms. The number of amides is 1. The number of benzene rings is 1. The predicted octanol–water partition coefficient (Wildman–Crippen LogP) is 3.71. The number of carbonyl (C=O) groups is 1. The number of aromatic nitrogens is 1. The van der Waals surface area contributed by atoms with Crippen LogP contribution in [-0.4, -0.2) is 10.9 Å². The molecule has 112 valence electrons. The maximum atomic E-state index is 12.4. The van der Waals surface area contributed by atoms with Crippen LogP contribution in [0.1, 0.15) is 31.5 Å². The van der Waals surface area contributed by atoms with Crippen molar-refractivity contribution < 1.29 is 18.0 Å². The summed E-state index contributed by atoms with van der Waals surface area (Å²) in [6.45, 7) is 4.04. The Balaban J connectivity index is 2.02. The van der Waals surface area contributed by atoms with Crippen molar-refractivity contribution in [3.8, 4) is 0 Å². The zero-order valence-corrected chi connectivity index (χ0v) is 12.2. The molecule has 0 saturated carbocycles. The van der Waals surface area contributed by atoms with Crippen LogP contribution in [0.5, 0.6) is 0 Å². The Kier molecular flexibility index (Phi) is 4.32. The molecule has 1 aromatic heterocycles. The Hall–Kier alpha value is -1.89. The summed E-state index contributed by atoms with van der Waals surface area (Å²) in [5.41, 5.74) is 0.278. The predicted molar refractivity (Wildman–Crippen MR) is 74.2 cm³/mol. The largest absolute Gasteiger partial charge is 0.416 e. The quantitative estimate of drug-likeness (QED) is 0.938. The van der Waals surface area contributed by atoms with Crippen LogP contribution in [-0.2, 0) is 12.7 Å². The summed E-state index contributed by atoms with van der Waals surface area (Å²) in [6.07, 6.45) is -4.40. The normalized spacial score (nSPS) is 11.5. The molecule has 0 saturated heterocycles. The number of thiazole rings is 1. The van der Waals surface area contributed by atoms with Crippen molar-refractivity contribution in [2.24, 2.45) is 0 Å². The monoisotopic (exact) mass is 314 g/mol. The van der Waals surface area contributed by atoms with E-state index in [-0.39, 0.29) is 5.56 Å². The lowest BCUT2D eigenvalue weighted by Crippen LogP contribution is -2.22. The molecule has 0 aliphatic heterocycles. The van der Waals surface area contributed by atoms with Gasteiger partial charge in [0.15, 0.2) is 0 Å². The number of hydrogen-bond donors (Lipinski definition) is 1. The minimum absolute atomic E-state index is 0.196. The summed E-state index contributed by atoms with van der Waals surface area (Å²) in [6, 6.07) is 4.14. The third-order valence-corrected chi connectivity index (χ3v) is 3.96. The first-order valence-corrected chi connectivity index (χ1v) is 6.97. The molecule has 0 spiro atoms. The van der Waals surface area contributed by atoms with Crippen molar-refractivity contribution in [3.05, 3.63) is 51.0 Å². The maximum absolute atomic E-state index is 12.4. The molecular weight excluding hydrogens is 301 g/mol. The Morgan fingerprint density at radius 1 is 1.24 bits per heavy atom. The van der Waals surface area contributed by atoms with Crippen molar-refractivity contribution in [2.75, 3.05) is 0 Å². The Morgan fingerprint density at radius 3 is 2.33 bits per heavy atom. The molecule has 1 aromatic carbocycles. The van der Waals surface area contributed by atoms with E-state index in [1.54, 1.807) is 0 Å². The van der Waals surface area contributed by atoms with Crippen LogP contribution in [0.3, 0.4) is 0 Å². The number of nitrogens with one attached hydrogen (secondary N) is 1. The minimum atomic E-state index is -4.40. The molecule has 0 atom stereocenters. The molecule has 0 unspecified atom stereocenters. The second kappa shape index (κ2) is 5.85. The van der Waals surface area contributed by atoms with E-state index in [0.29, 0.717) is 6.54 Å². The van der Waals surface area contributed by atoms with Gasteiger partial charge in [-0.25, -0.2) is 4.98 Å². The van der Waals surface area contributed by atoms with Crippen LogP contribution in [0.2, 0.25) is 0 Å². The average Bonchev–Trinajstić information content (AvgIpc) is 2.73. The zero-order valence-electron chi connectivity index (χ0n) is 11.4. The van der Waals surface area contributed by atoms with E-state index in [1.165, 1.54) is 23.5 Å². The molecule has 1 amide bonds. The second-order valence-corrected chi connectivity index (χ2v) is 5.79. The molecule has 2 rings (SSSR count). The Labute approximate surface area is 123 Å². The fourth-order valence-corrected chi connectivity index (χ4v) is 2.69. The fraction of sp³-hybridized carbons (Fsp3) is 0.286. The van der Waals surface area contributed by atoms with Crippen molar-refractivity contribution in [2.45, 2.75) is 26.6 Å². The molecule has 0 aliphatic rings. The Morgan fingerprint density at radius 2 is 1.86 bits per heavy atom. The lowest BCUT2D eigenvalue weighted by molar-refractivity contribution is -0.137. The van der Waals surface area contributed by atoms with Gasteiger partial charge in [-0.15, -0.1) is 11.3 Å². The van der Waals surface area contributed by atoms with Crippen molar-refractivity contribution in [3.63, 3.8) is 0 Å². The standard InChI is InChI=1S/C14H13F3N2OS/c1-8-12(21-9(2)19-8)7-18-13(20)10-3-5-11(6-4-10)14(15,16)17/h3-6H,7H2,1-2H3,(H,18,20). The van der Waals surface area contributed by atoms with Crippen LogP contribution in [0, 0.1) is 13.8 Å². The Bertz CT molecular complexity index is 647. The highest BCUT2D eigenvalue weighted by Gasteiger charge is 2.30. The first-order chi connectivity index (χ1) is 9.77. The molecular formula is C14H13F3N2OS. The van der Waals surface area contributed by atoms with E-state index < -0.39 is 17.6 Å². The minimum Gasteiger partial charge on any atom is -0.347 e. The third-order valence-electron chi connectivity index (χ3n) is 2.88.